The maximum Gasteiger partial charge on any atom is 0.300 e. The fourth-order valence-electron chi connectivity index (χ4n) is 3.79. The van der Waals surface area contributed by atoms with Gasteiger partial charge in [0.2, 0.25) is 0 Å². The van der Waals surface area contributed by atoms with Crippen LogP contribution in [0, 0.1) is 12.8 Å². The molecule has 1 aliphatic rings. The lowest BCUT2D eigenvalue weighted by molar-refractivity contribution is -0.132. The molecule has 2 heterocycles. The number of benzene rings is 2. The highest BCUT2D eigenvalue weighted by Crippen LogP contribution is 2.45. The molecule has 1 atom stereocenters. The lowest BCUT2D eigenvalue weighted by Crippen LogP contribution is -2.29. The lowest BCUT2D eigenvalue weighted by atomic mass is 9.99. The number of carbonyl (C=O) groups excluding carboxylic acids is 2. The first-order chi connectivity index (χ1) is 15.8. The number of ketones is 1. The monoisotopic (exact) mass is 481 g/mol. The Morgan fingerprint density at radius 3 is 2.64 bits per heavy atom. The molecule has 1 fully saturated rings. The minimum absolute atomic E-state index is 0.0443. The number of rotatable bonds is 6. The van der Waals surface area contributed by atoms with Gasteiger partial charge in [-0.3, -0.25) is 14.5 Å². The maximum absolute atomic E-state index is 13.2. The first-order valence-corrected chi connectivity index (χ1v) is 11.9. The molecule has 0 saturated carbocycles. The number of nitrogens with zero attached hydrogens (tertiary/aromatic N) is 1. The molecule has 1 aliphatic heterocycles. The number of aliphatic hydroxyl groups is 1. The predicted molar refractivity (Wildman–Crippen MR) is 132 cm³/mol. The zero-order valence-corrected chi connectivity index (χ0v) is 20.1. The van der Waals surface area contributed by atoms with E-state index < -0.39 is 17.7 Å². The van der Waals surface area contributed by atoms with Crippen LogP contribution in [-0.4, -0.2) is 23.4 Å². The van der Waals surface area contributed by atoms with Gasteiger partial charge in [-0.05, 0) is 54.1 Å². The van der Waals surface area contributed by atoms with Gasteiger partial charge in [0.1, 0.15) is 17.6 Å². The maximum atomic E-state index is 13.2. The van der Waals surface area contributed by atoms with E-state index in [-0.39, 0.29) is 11.3 Å². The molecule has 1 saturated heterocycles. The Hall–Kier alpha value is -3.09. The SMILES string of the molecule is Cc1ccc(Cl)cc1N1C(=O)C(=O)/C(=C(\O)c2cccc(OCC(C)C)c2)C1c1cccs1. The highest BCUT2D eigenvalue weighted by molar-refractivity contribution is 7.10. The van der Waals surface area contributed by atoms with Crippen molar-refractivity contribution >= 4 is 46.1 Å². The van der Waals surface area contributed by atoms with Crippen LogP contribution in [0.15, 0.2) is 65.6 Å². The second kappa shape index (κ2) is 9.41. The largest absolute Gasteiger partial charge is 0.507 e. The average molecular weight is 482 g/mol. The summed E-state index contributed by atoms with van der Waals surface area (Å²) >= 11 is 7.63. The Morgan fingerprint density at radius 1 is 1.15 bits per heavy atom. The van der Waals surface area contributed by atoms with E-state index in [1.807, 2.05) is 38.3 Å². The van der Waals surface area contributed by atoms with E-state index in [0.717, 1.165) is 10.4 Å². The van der Waals surface area contributed by atoms with E-state index in [9.17, 15) is 14.7 Å². The second-order valence-corrected chi connectivity index (χ2v) is 9.76. The van der Waals surface area contributed by atoms with E-state index in [0.29, 0.717) is 34.5 Å². The number of hydrogen-bond donors (Lipinski definition) is 1. The number of hydrogen-bond acceptors (Lipinski definition) is 5. The van der Waals surface area contributed by atoms with Gasteiger partial charge in [0, 0.05) is 21.2 Å². The van der Waals surface area contributed by atoms with Crippen molar-refractivity contribution in [3.8, 4) is 5.75 Å². The summed E-state index contributed by atoms with van der Waals surface area (Å²) in [5.41, 5.74) is 1.80. The number of thiophene rings is 1. The van der Waals surface area contributed by atoms with Crippen molar-refractivity contribution in [2.24, 2.45) is 5.92 Å². The van der Waals surface area contributed by atoms with E-state index in [4.69, 9.17) is 16.3 Å². The van der Waals surface area contributed by atoms with Crippen LogP contribution in [0.4, 0.5) is 5.69 Å². The fraction of sp³-hybridized carbons (Fsp3) is 0.231. The number of aryl methyl sites for hydroxylation is 1. The Morgan fingerprint density at radius 2 is 1.94 bits per heavy atom. The summed E-state index contributed by atoms with van der Waals surface area (Å²) in [6.07, 6.45) is 0. The summed E-state index contributed by atoms with van der Waals surface area (Å²) in [7, 11) is 0. The van der Waals surface area contributed by atoms with Crippen LogP contribution in [0.25, 0.3) is 5.76 Å². The molecule has 2 aromatic carbocycles. The summed E-state index contributed by atoms with van der Waals surface area (Å²) in [5, 5.41) is 13.6. The van der Waals surface area contributed by atoms with Crippen molar-refractivity contribution in [2.45, 2.75) is 26.8 Å². The summed E-state index contributed by atoms with van der Waals surface area (Å²) in [6, 6.07) is 15.1. The van der Waals surface area contributed by atoms with E-state index >= 15 is 0 Å². The van der Waals surface area contributed by atoms with Crippen LogP contribution in [-0.2, 0) is 9.59 Å². The Kier molecular flexibility index (Phi) is 6.58. The first kappa shape index (κ1) is 23.1. The molecule has 3 aromatic rings. The molecule has 1 amide bonds. The minimum atomic E-state index is -0.762. The summed E-state index contributed by atoms with van der Waals surface area (Å²) < 4.78 is 5.78. The number of halogens is 1. The molecule has 0 bridgehead atoms. The van der Waals surface area contributed by atoms with E-state index in [2.05, 4.69) is 0 Å². The smallest absolute Gasteiger partial charge is 0.300 e. The number of Topliss-reactive ketones (excluding diaryl/α,β-unsaturated/α-hetero) is 1. The first-order valence-electron chi connectivity index (χ1n) is 10.6. The molecule has 5 nitrogen and oxygen atoms in total. The van der Waals surface area contributed by atoms with Gasteiger partial charge in [-0.15, -0.1) is 11.3 Å². The molecule has 1 N–H and O–H groups in total. The molecule has 33 heavy (non-hydrogen) atoms. The number of carbonyl (C=O) groups is 2. The molecule has 4 rings (SSSR count). The Bertz CT molecular complexity index is 1230. The third-order valence-electron chi connectivity index (χ3n) is 5.38. The number of ether oxygens (including phenoxy) is 1. The van der Waals surface area contributed by atoms with Crippen molar-refractivity contribution in [1.82, 2.24) is 0 Å². The van der Waals surface area contributed by atoms with Gasteiger partial charge in [-0.2, -0.15) is 0 Å². The highest BCUT2D eigenvalue weighted by Gasteiger charge is 2.47. The number of aliphatic hydroxyl groups excluding tert-OH is 1. The molecule has 0 radical (unpaired) electrons. The second-order valence-electron chi connectivity index (χ2n) is 8.35. The quantitative estimate of drug-likeness (QED) is 0.252. The normalized spacial score (nSPS) is 17.7. The van der Waals surface area contributed by atoms with Crippen molar-refractivity contribution in [3.63, 3.8) is 0 Å². The van der Waals surface area contributed by atoms with Gasteiger partial charge in [-0.1, -0.05) is 49.7 Å². The molecule has 1 unspecified atom stereocenters. The molecular weight excluding hydrogens is 458 g/mol. The molecule has 1 aromatic heterocycles. The van der Waals surface area contributed by atoms with E-state index in [1.54, 1.807) is 42.5 Å². The zero-order chi connectivity index (χ0) is 23.7. The van der Waals surface area contributed by atoms with Crippen LogP contribution in [0.5, 0.6) is 5.75 Å². The van der Waals surface area contributed by atoms with Gasteiger partial charge in [-0.25, -0.2) is 0 Å². The van der Waals surface area contributed by atoms with Crippen LogP contribution < -0.4 is 9.64 Å². The van der Waals surface area contributed by atoms with Crippen LogP contribution in [0.1, 0.15) is 35.9 Å². The average Bonchev–Trinajstić information content (AvgIpc) is 3.41. The third kappa shape index (κ3) is 4.54. The molecule has 0 spiro atoms. The van der Waals surface area contributed by atoms with Crippen molar-refractivity contribution < 1.29 is 19.4 Å². The van der Waals surface area contributed by atoms with Gasteiger partial charge in [0.05, 0.1) is 12.2 Å². The number of amides is 1. The summed E-state index contributed by atoms with van der Waals surface area (Å²) in [5.74, 6) is -0.747. The summed E-state index contributed by atoms with van der Waals surface area (Å²) in [4.78, 5) is 28.7. The van der Waals surface area contributed by atoms with E-state index in [1.165, 1.54) is 16.2 Å². The fourth-order valence-corrected chi connectivity index (χ4v) is 4.78. The van der Waals surface area contributed by atoms with Crippen LogP contribution >= 0.6 is 22.9 Å². The topological polar surface area (TPSA) is 66.8 Å². The molecule has 7 heteroatoms. The van der Waals surface area contributed by atoms with Crippen molar-refractivity contribution in [2.75, 3.05) is 11.5 Å². The standard InChI is InChI=1S/C26H24ClNO4S/c1-15(2)14-32-19-7-4-6-17(12-19)24(29)22-23(21-8-5-11-33-21)28(26(31)25(22)30)20-13-18(27)10-9-16(20)3/h4-13,15,23,29H,14H2,1-3H3/b24-22-. The third-order valence-corrected chi connectivity index (χ3v) is 6.54. The molecule has 170 valence electrons. The van der Waals surface area contributed by atoms with Crippen LogP contribution in [0.2, 0.25) is 5.02 Å². The molecular formula is C26H24ClNO4S. The zero-order valence-electron chi connectivity index (χ0n) is 18.5. The van der Waals surface area contributed by atoms with Crippen molar-refractivity contribution in [3.05, 3.63) is 86.6 Å². The van der Waals surface area contributed by atoms with Gasteiger partial charge in [0.15, 0.2) is 0 Å². The van der Waals surface area contributed by atoms with Crippen LogP contribution in [0.3, 0.4) is 0 Å². The summed E-state index contributed by atoms with van der Waals surface area (Å²) in [6.45, 7) is 6.47. The number of anilines is 1. The highest BCUT2D eigenvalue weighted by atomic mass is 35.5. The lowest BCUT2D eigenvalue weighted by Gasteiger charge is -2.26. The van der Waals surface area contributed by atoms with Crippen molar-refractivity contribution in [1.29, 1.82) is 0 Å². The minimum Gasteiger partial charge on any atom is -0.507 e. The predicted octanol–water partition coefficient (Wildman–Crippen LogP) is 6.37. The molecule has 0 aliphatic carbocycles. The Labute approximate surface area is 201 Å². The Balaban J connectivity index is 1.86. The van der Waals surface area contributed by atoms with Gasteiger partial charge >= 0.3 is 0 Å². The van der Waals surface area contributed by atoms with Gasteiger partial charge in [0.25, 0.3) is 11.7 Å². The van der Waals surface area contributed by atoms with Gasteiger partial charge < -0.3 is 9.84 Å².